The summed E-state index contributed by atoms with van der Waals surface area (Å²) in [4.78, 5) is 15.6. The highest BCUT2D eigenvalue weighted by Crippen LogP contribution is 2.12. The van der Waals surface area contributed by atoms with Gasteiger partial charge in [0.05, 0.1) is 15.5 Å². The van der Waals surface area contributed by atoms with E-state index >= 15 is 0 Å². The van der Waals surface area contributed by atoms with Gasteiger partial charge in [-0.05, 0) is 34.1 Å². The van der Waals surface area contributed by atoms with Crippen LogP contribution in [0, 0.1) is 0 Å². The number of rotatable bonds is 0. The van der Waals surface area contributed by atoms with Gasteiger partial charge in [-0.2, -0.15) is 0 Å². The van der Waals surface area contributed by atoms with E-state index in [1.54, 1.807) is 23.9 Å². The highest BCUT2D eigenvalue weighted by atomic mass is 79.9. The number of fused-ring (bicyclic) bond motifs is 1. The van der Waals surface area contributed by atoms with Crippen LogP contribution in [0.2, 0.25) is 0 Å². The van der Waals surface area contributed by atoms with Crippen molar-refractivity contribution < 1.29 is 0 Å². The Morgan fingerprint density at radius 3 is 3.08 bits per heavy atom. The van der Waals surface area contributed by atoms with Crippen LogP contribution in [-0.2, 0) is 7.05 Å². The molecule has 0 N–H and O–H groups in total. The molecular formula is C9H7BrN2O. The van der Waals surface area contributed by atoms with Gasteiger partial charge in [0.25, 0.3) is 5.56 Å². The summed E-state index contributed by atoms with van der Waals surface area (Å²) in [5.74, 6) is 0. The van der Waals surface area contributed by atoms with Gasteiger partial charge in [-0.25, -0.2) is 0 Å². The van der Waals surface area contributed by atoms with Gasteiger partial charge in [-0.3, -0.25) is 9.78 Å². The Hall–Kier alpha value is -1.16. The maximum atomic E-state index is 11.5. The monoisotopic (exact) mass is 238 g/mol. The molecule has 3 nitrogen and oxygen atoms in total. The minimum absolute atomic E-state index is 0.0412. The van der Waals surface area contributed by atoms with Crippen LogP contribution in [0.4, 0.5) is 0 Å². The summed E-state index contributed by atoms with van der Waals surface area (Å²) in [6, 6.07) is 5.42. The van der Waals surface area contributed by atoms with Gasteiger partial charge >= 0.3 is 0 Å². The van der Waals surface area contributed by atoms with Crippen LogP contribution in [0.3, 0.4) is 0 Å². The van der Waals surface area contributed by atoms with Crippen LogP contribution in [-0.4, -0.2) is 9.55 Å². The zero-order chi connectivity index (χ0) is 9.42. The summed E-state index contributed by atoms with van der Waals surface area (Å²) in [6.07, 6.45) is 1.71. The van der Waals surface area contributed by atoms with Crippen molar-refractivity contribution in [3.05, 3.63) is 39.2 Å². The number of aromatic nitrogens is 2. The molecule has 2 heterocycles. The third-order valence-corrected chi connectivity index (χ3v) is 2.52. The molecule has 0 fully saturated rings. The molecule has 0 aromatic carbocycles. The first-order chi connectivity index (χ1) is 6.20. The van der Waals surface area contributed by atoms with E-state index in [1.807, 2.05) is 12.1 Å². The molecule has 0 atom stereocenters. The molecule has 66 valence electrons. The molecule has 2 rings (SSSR count). The fourth-order valence-corrected chi connectivity index (χ4v) is 1.74. The van der Waals surface area contributed by atoms with Gasteiger partial charge in [0.15, 0.2) is 0 Å². The molecule has 0 saturated carbocycles. The standard InChI is InChI=1S/C9H7BrN2O/c1-12-8-3-2-4-11-7(8)5-6(10)9(12)13/h2-5H,1H3. The lowest BCUT2D eigenvalue weighted by Gasteiger charge is -2.03. The van der Waals surface area contributed by atoms with E-state index in [9.17, 15) is 4.79 Å². The Morgan fingerprint density at radius 2 is 2.31 bits per heavy atom. The van der Waals surface area contributed by atoms with Crippen LogP contribution in [0.25, 0.3) is 11.0 Å². The maximum absolute atomic E-state index is 11.5. The van der Waals surface area contributed by atoms with E-state index < -0.39 is 0 Å². The summed E-state index contributed by atoms with van der Waals surface area (Å²) in [5, 5.41) is 0. The Kier molecular flexibility index (Phi) is 1.92. The molecule has 0 radical (unpaired) electrons. The molecule has 0 unspecified atom stereocenters. The Morgan fingerprint density at radius 1 is 1.54 bits per heavy atom. The topological polar surface area (TPSA) is 34.9 Å². The molecular weight excluding hydrogens is 232 g/mol. The number of hydrogen-bond donors (Lipinski definition) is 0. The highest BCUT2D eigenvalue weighted by molar-refractivity contribution is 9.10. The average molecular weight is 239 g/mol. The van der Waals surface area contributed by atoms with Crippen molar-refractivity contribution in [3.8, 4) is 0 Å². The molecule has 0 bridgehead atoms. The van der Waals surface area contributed by atoms with Crippen molar-refractivity contribution in [1.29, 1.82) is 0 Å². The third-order valence-electron chi connectivity index (χ3n) is 1.95. The first kappa shape index (κ1) is 8.44. The summed E-state index contributed by atoms with van der Waals surface area (Å²) >= 11 is 3.19. The predicted octanol–water partition coefficient (Wildman–Crippen LogP) is 1.70. The number of aryl methyl sites for hydroxylation is 1. The minimum Gasteiger partial charge on any atom is -0.309 e. The van der Waals surface area contributed by atoms with Gasteiger partial charge < -0.3 is 4.57 Å². The summed E-state index contributed by atoms with van der Waals surface area (Å²) < 4.78 is 2.12. The molecule has 0 spiro atoms. The first-order valence-corrected chi connectivity index (χ1v) is 4.60. The fourth-order valence-electron chi connectivity index (χ4n) is 1.26. The van der Waals surface area contributed by atoms with Crippen molar-refractivity contribution in [2.75, 3.05) is 0 Å². The van der Waals surface area contributed by atoms with Crippen molar-refractivity contribution in [2.24, 2.45) is 7.05 Å². The van der Waals surface area contributed by atoms with E-state index in [0.717, 1.165) is 11.0 Å². The molecule has 0 aliphatic carbocycles. The van der Waals surface area contributed by atoms with E-state index in [-0.39, 0.29) is 5.56 Å². The Bertz CT molecular complexity index is 518. The zero-order valence-corrected chi connectivity index (χ0v) is 8.58. The highest BCUT2D eigenvalue weighted by Gasteiger charge is 2.03. The van der Waals surface area contributed by atoms with Gasteiger partial charge in [0.2, 0.25) is 0 Å². The Balaban J connectivity index is 3.02. The quantitative estimate of drug-likeness (QED) is 0.701. The lowest BCUT2D eigenvalue weighted by molar-refractivity contribution is 0.896. The molecule has 13 heavy (non-hydrogen) atoms. The van der Waals surface area contributed by atoms with Crippen molar-refractivity contribution in [1.82, 2.24) is 9.55 Å². The van der Waals surface area contributed by atoms with Crippen LogP contribution in [0.5, 0.6) is 0 Å². The summed E-state index contributed by atoms with van der Waals surface area (Å²) in [5.41, 5.74) is 1.62. The smallest absolute Gasteiger partial charge is 0.265 e. The van der Waals surface area contributed by atoms with E-state index in [0.29, 0.717) is 4.47 Å². The second-order valence-corrected chi connectivity index (χ2v) is 3.62. The molecule has 0 aliphatic heterocycles. The lowest BCUT2D eigenvalue weighted by Crippen LogP contribution is -2.17. The SMILES string of the molecule is Cn1c(=O)c(Br)cc2ncccc21. The molecule has 0 saturated heterocycles. The van der Waals surface area contributed by atoms with Crippen molar-refractivity contribution in [2.45, 2.75) is 0 Å². The van der Waals surface area contributed by atoms with Crippen molar-refractivity contribution >= 4 is 27.0 Å². The average Bonchev–Trinajstić information content (AvgIpc) is 2.15. The summed E-state index contributed by atoms with van der Waals surface area (Å²) in [7, 11) is 1.73. The van der Waals surface area contributed by atoms with E-state index in [4.69, 9.17) is 0 Å². The number of nitrogens with zero attached hydrogens (tertiary/aromatic N) is 2. The second kappa shape index (κ2) is 2.96. The van der Waals surface area contributed by atoms with Crippen molar-refractivity contribution in [3.63, 3.8) is 0 Å². The number of pyridine rings is 2. The Labute approximate surface area is 83.2 Å². The van der Waals surface area contributed by atoms with Gasteiger partial charge in [-0.15, -0.1) is 0 Å². The third kappa shape index (κ3) is 1.27. The lowest BCUT2D eigenvalue weighted by atomic mass is 10.3. The normalized spacial score (nSPS) is 10.6. The van der Waals surface area contributed by atoms with E-state index in [2.05, 4.69) is 20.9 Å². The van der Waals surface area contributed by atoms with E-state index in [1.165, 1.54) is 0 Å². The molecule has 0 aliphatic rings. The van der Waals surface area contributed by atoms with Crippen LogP contribution in [0.1, 0.15) is 0 Å². The first-order valence-electron chi connectivity index (χ1n) is 3.80. The maximum Gasteiger partial charge on any atom is 0.265 e. The van der Waals surface area contributed by atoms with Gasteiger partial charge in [0, 0.05) is 13.2 Å². The molecule has 2 aromatic heterocycles. The number of hydrogen-bond acceptors (Lipinski definition) is 2. The molecule has 2 aromatic rings. The second-order valence-electron chi connectivity index (χ2n) is 2.76. The van der Waals surface area contributed by atoms with Crippen LogP contribution in [0.15, 0.2) is 33.7 Å². The fraction of sp³-hybridized carbons (Fsp3) is 0.111. The van der Waals surface area contributed by atoms with Gasteiger partial charge in [0.1, 0.15) is 0 Å². The molecule has 0 amide bonds. The zero-order valence-electron chi connectivity index (χ0n) is 6.99. The minimum atomic E-state index is -0.0412. The largest absolute Gasteiger partial charge is 0.309 e. The molecule has 4 heteroatoms. The van der Waals surface area contributed by atoms with Crippen LogP contribution >= 0.6 is 15.9 Å². The number of halogens is 1. The summed E-state index contributed by atoms with van der Waals surface area (Å²) in [6.45, 7) is 0. The van der Waals surface area contributed by atoms with Crippen LogP contribution < -0.4 is 5.56 Å². The van der Waals surface area contributed by atoms with Gasteiger partial charge in [-0.1, -0.05) is 0 Å². The predicted molar refractivity (Wildman–Crippen MR) is 54.7 cm³/mol.